The van der Waals surface area contributed by atoms with Crippen molar-refractivity contribution in [2.45, 2.75) is 0 Å². The summed E-state index contributed by atoms with van der Waals surface area (Å²) < 4.78 is 23.5. The highest BCUT2D eigenvalue weighted by Crippen LogP contribution is 2.24. The number of hydrogen-bond acceptors (Lipinski definition) is 3. The third-order valence-corrected chi connectivity index (χ3v) is 4.32. The predicted octanol–water partition coefficient (Wildman–Crippen LogP) is 5.67. The lowest BCUT2D eigenvalue weighted by Gasteiger charge is -2.06. The van der Waals surface area contributed by atoms with E-state index in [1.165, 1.54) is 18.2 Å². The number of anilines is 1. The lowest BCUT2D eigenvalue weighted by Crippen LogP contribution is -2.07. The number of amides is 1. The lowest BCUT2D eigenvalue weighted by atomic mass is 10.1. The van der Waals surface area contributed by atoms with Crippen molar-refractivity contribution in [1.29, 1.82) is 0 Å². The van der Waals surface area contributed by atoms with E-state index in [0.717, 1.165) is 28.2 Å². The summed E-state index contributed by atoms with van der Waals surface area (Å²) in [5, 5.41) is 2.80. The quantitative estimate of drug-likeness (QED) is 0.409. The molecule has 0 aromatic heterocycles. The molecule has 0 saturated heterocycles. The van der Waals surface area contributed by atoms with Gasteiger partial charge in [0.15, 0.2) is 0 Å². The molecule has 1 amide bonds. The van der Waals surface area contributed by atoms with Crippen LogP contribution in [0.3, 0.4) is 0 Å². The van der Waals surface area contributed by atoms with Gasteiger partial charge in [-0.25, -0.2) is 4.39 Å². The van der Waals surface area contributed by atoms with Crippen molar-refractivity contribution < 1.29 is 18.7 Å². The van der Waals surface area contributed by atoms with Gasteiger partial charge in [0.1, 0.15) is 17.3 Å². The molecule has 0 radical (unpaired) electrons. The first-order valence-corrected chi connectivity index (χ1v) is 9.31. The Morgan fingerprint density at radius 3 is 1.90 bits per heavy atom. The number of carbonyl (C=O) groups is 1. The maximum absolute atomic E-state index is 12.9. The van der Waals surface area contributed by atoms with Gasteiger partial charge in [0.05, 0.1) is 14.2 Å². The number of methoxy groups -OCH3 is 2. The Hall–Kier alpha value is -3.86. The van der Waals surface area contributed by atoms with Gasteiger partial charge in [-0.1, -0.05) is 36.4 Å². The fraction of sp³-hybridized carbons (Fsp3) is 0.0800. The summed E-state index contributed by atoms with van der Waals surface area (Å²) in [5.74, 6) is 0.879. The average Bonchev–Trinajstić information content (AvgIpc) is 2.78. The second-order valence-corrected chi connectivity index (χ2v) is 6.48. The molecule has 152 valence electrons. The number of ether oxygens (including phenoxy) is 2. The Labute approximate surface area is 175 Å². The van der Waals surface area contributed by atoms with Gasteiger partial charge in [-0.2, -0.15) is 0 Å². The normalized spacial score (nSPS) is 11.0. The molecule has 3 aromatic rings. The highest BCUT2D eigenvalue weighted by Gasteiger charge is 2.01. The molecule has 5 heteroatoms. The van der Waals surface area contributed by atoms with Crippen LogP contribution in [0.25, 0.3) is 18.2 Å². The van der Waals surface area contributed by atoms with Crippen LogP contribution in [0.4, 0.5) is 10.1 Å². The summed E-state index contributed by atoms with van der Waals surface area (Å²) in [5.41, 5.74) is 3.37. The summed E-state index contributed by atoms with van der Waals surface area (Å²) in [6.07, 6.45) is 6.98. The zero-order chi connectivity index (χ0) is 21.3. The molecule has 0 bridgehead atoms. The molecule has 30 heavy (non-hydrogen) atoms. The molecule has 0 aliphatic heterocycles. The first kappa shape index (κ1) is 20.9. The van der Waals surface area contributed by atoms with Crippen LogP contribution < -0.4 is 14.8 Å². The second kappa shape index (κ2) is 10.1. The van der Waals surface area contributed by atoms with E-state index < -0.39 is 0 Å². The van der Waals surface area contributed by atoms with Gasteiger partial charge < -0.3 is 14.8 Å². The van der Waals surface area contributed by atoms with Crippen molar-refractivity contribution in [3.63, 3.8) is 0 Å². The van der Waals surface area contributed by atoms with Gasteiger partial charge in [0, 0.05) is 17.8 Å². The highest BCUT2D eigenvalue weighted by molar-refractivity contribution is 6.02. The molecule has 3 aromatic carbocycles. The van der Waals surface area contributed by atoms with Gasteiger partial charge in [-0.3, -0.25) is 4.79 Å². The number of benzene rings is 3. The van der Waals surface area contributed by atoms with E-state index in [1.807, 2.05) is 54.6 Å². The first-order valence-electron chi connectivity index (χ1n) is 9.31. The third kappa shape index (κ3) is 6.07. The molecule has 0 unspecified atom stereocenters. The van der Waals surface area contributed by atoms with E-state index in [1.54, 1.807) is 32.4 Å². The van der Waals surface area contributed by atoms with Crippen LogP contribution in [0.2, 0.25) is 0 Å². The van der Waals surface area contributed by atoms with Crippen molar-refractivity contribution in [2.24, 2.45) is 0 Å². The molecular weight excluding hydrogens is 381 g/mol. The molecule has 0 aliphatic carbocycles. The number of nitrogens with one attached hydrogen (secondary N) is 1. The van der Waals surface area contributed by atoms with Crippen molar-refractivity contribution in [3.05, 3.63) is 95.3 Å². The minimum atomic E-state index is -0.309. The summed E-state index contributed by atoms with van der Waals surface area (Å²) in [7, 11) is 3.23. The SMILES string of the molecule is COc1cc(/C=C/c2ccc(NC(=O)/C=C/c3ccc(F)cc3)cc2)cc(OC)c1. The van der Waals surface area contributed by atoms with Crippen molar-refractivity contribution in [3.8, 4) is 11.5 Å². The van der Waals surface area contributed by atoms with Crippen LogP contribution in [-0.2, 0) is 4.79 Å². The fourth-order valence-corrected chi connectivity index (χ4v) is 2.73. The summed E-state index contributed by atoms with van der Waals surface area (Å²) in [6, 6.07) is 19.1. The maximum Gasteiger partial charge on any atom is 0.248 e. The molecule has 1 N–H and O–H groups in total. The summed E-state index contributed by atoms with van der Waals surface area (Å²) >= 11 is 0. The topological polar surface area (TPSA) is 47.6 Å². The molecule has 0 heterocycles. The van der Waals surface area contributed by atoms with E-state index in [2.05, 4.69) is 5.32 Å². The van der Waals surface area contributed by atoms with Gasteiger partial charge in [-0.15, -0.1) is 0 Å². The average molecular weight is 403 g/mol. The van der Waals surface area contributed by atoms with Crippen molar-refractivity contribution >= 4 is 29.8 Å². The minimum absolute atomic E-state index is 0.258. The van der Waals surface area contributed by atoms with Gasteiger partial charge in [0.25, 0.3) is 0 Å². The van der Waals surface area contributed by atoms with Crippen molar-refractivity contribution in [1.82, 2.24) is 0 Å². The number of carbonyl (C=O) groups excluding carboxylic acids is 1. The zero-order valence-corrected chi connectivity index (χ0v) is 16.8. The predicted molar refractivity (Wildman–Crippen MR) is 119 cm³/mol. The number of halogens is 1. The molecule has 0 saturated carbocycles. The fourth-order valence-electron chi connectivity index (χ4n) is 2.73. The Morgan fingerprint density at radius 1 is 0.767 bits per heavy atom. The molecule has 0 atom stereocenters. The lowest BCUT2D eigenvalue weighted by molar-refractivity contribution is -0.111. The van der Waals surface area contributed by atoms with Gasteiger partial charge >= 0.3 is 0 Å². The van der Waals surface area contributed by atoms with Crippen LogP contribution in [0.5, 0.6) is 11.5 Å². The summed E-state index contributed by atoms with van der Waals surface area (Å²) in [4.78, 5) is 12.1. The van der Waals surface area contributed by atoms with Gasteiger partial charge in [0.2, 0.25) is 5.91 Å². The molecule has 0 fully saturated rings. The van der Waals surface area contributed by atoms with Crippen LogP contribution in [0.15, 0.2) is 72.8 Å². The zero-order valence-electron chi connectivity index (χ0n) is 16.8. The molecule has 0 aliphatic rings. The van der Waals surface area contributed by atoms with E-state index in [4.69, 9.17) is 9.47 Å². The highest BCUT2D eigenvalue weighted by atomic mass is 19.1. The second-order valence-electron chi connectivity index (χ2n) is 6.48. The van der Waals surface area contributed by atoms with Crippen molar-refractivity contribution in [2.75, 3.05) is 19.5 Å². The van der Waals surface area contributed by atoms with Crippen LogP contribution in [0.1, 0.15) is 16.7 Å². The molecule has 3 rings (SSSR count). The molecule has 4 nitrogen and oxygen atoms in total. The van der Waals surface area contributed by atoms with E-state index in [9.17, 15) is 9.18 Å². The first-order chi connectivity index (χ1) is 14.6. The van der Waals surface area contributed by atoms with E-state index in [0.29, 0.717) is 5.69 Å². The molecular formula is C25H22FNO3. The largest absolute Gasteiger partial charge is 0.497 e. The monoisotopic (exact) mass is 403 g/mol. The van der Waals surface area contributed by atoms with Gasteiger partial charge in [-0.05, 0) is 59.2 Å². The van der Waals surface area contributed by atoms with Crippen LogP contribution in [0, 0.1) is 5.82 Å². The maximum atomic E-state index is 12.9. The Morgan fingerprint density at radius 2 is 1.30 bits per heavy atom. The van der Waals surface area contributed by atoms with Crippen LogP contribution >= 0.6 is 0 Å². The van der Waals surface area contributed by atoms with Crippen LogP contribution in [-0.4, -0.2) is 20.1 Å². The Bertz CT molecular complexity index is 1030. The third-order valence-electron chi connectivity index (χ3n) is 4.32. The van der Waals surface area contributed by atoms with E-state index >= 15 is 0 Å². The molecule has 0 spiro atoms. The Kier molecular flexibility index (Phi) is 7.00. The Balaban J connectivity index is 1.61. The standard InChI is InChI=1S/C25H22FNO3/c1-29-23-15-20(16-24(17-23)30-2)4-3-18-7-12-22(13-8-18)27-25(28)14-9-19-5-10-21(26)11-6-19/h3-17H,1-2H3,(H,27,28)/b4-3+,14-9+. The van der Waals surface area contributed by atoms with E-state index in [-0.39, 0.29) is 11.7 Å². The minimum Gasteiger partial charge on any atom is -0.497 e. The smallest absolute Gasteiger partial charge is 0.248 e. The number of hydrogen-bond donors (Lipinski definition) is 1. The summed E-state index contributed by atoms with van der Waals surface area (Å²) in [6.45, 7) is 0. The number of rotatable bonds is 7.